The highest BCUT2D eigenvalue weighted by Crippen LogP contribution is 2.31. The fourth-order valence-electron chi connectivity index (χ4n) is 4.70. The predicted molar refractivity (Wildman–Crippen MR) is 124 cm³/mol. The van der Waals surface area contributed by atoms with E-state index in [9.17, 15) is 18.8 Å². The Morgan fingerprint density at radius 1 is 1.09 bits per heavy atom. The van der Waals surface area contributed by atoms with Crippen molar-refractivity contribution in [3.63, 3.8) is 0 Å². The Morgan fingerprint density at radius 3 is 2.52 bits per heavy atom. The Hall–Kier alpha value is -3.31. The zero-order chi connectivity index (χ0) is 23.7. The quantitative estimate of drug-likeness (QED) is 0.588. The van der Waals surface area contributed by atoms with E-state index in [1.54, 1.807) is 29.8 Å². The summed E-state index contributed by atoms with van der Waals surface area (Å²) in [6, 6.07) is 11.0. The largest absolute Gasteiger partial charge is 0.364 e. The van der Waals surface area contributed by atoms with Crippen molar-refractivity contribution >= 4 is 16.7 Å². The van der Waals surface area contributed by atoms with Gasteiger partial charge in [0.25, 0.3) is 5.56 Å². The molecule has 4 rings (SSSR count). The molecule has 0 unspecified atom stereocenters. The molecule has 33 heavy (non-hydrogen) atoms. The molecule has 3 aromatic rings. The van der Waals surface area contributed by atoms with Crippen molar-refractivity contribution in [2.75, 3.05) is 18.0 Å². The maximum Gasteiger partial charge on any atom is 0.252 e. The van der Waals surface area contributed by atoms with Gasteiger partial charge in [-0.2, -0.15) is 5.26 Å². The number of anilines is 1. The van der Waals surface area contributed by atoms with Crippen molar-refractivity contribution in [2.24, 2.45) is 7.05 Å². The van der Waals surface area contributed by atoms with Crippen molar-refractivity contribution in [3.05, 3.63) is 69.6 Å². The minimum absolute atomic E-state index is 0.0687. The molecule has 0 saturated carbocycles. The van der Waals surface area contributed by atoms with Crippen molar-refractivity contribution in [1.29, 1.82) is 5.26 Å². The summed E-state index contributed by atoms with van der Waals surface area (Å²) in [5.74, 6) is -1.12. The molecular weight excluding hydrogens is 424 g/mol. The highest BCUT2D eigenvalue weighted by Gasteiger charge is 2.34. The van der Waals surface area contributed by atoms with Gasteiger partial charge in [0, 0.05) is 56.5 Å². The Balaban J connectivity index is 1.73. The molecule has 2 aromatic heterocycles. The van der Waals surface area contributed by atoms with E-state index in [-0.39, 0.29) is 17.6 Å². The van der Waals surface area contributed by atoms with Crippen LogP contribution in [0.3, 0.4) is 0 Å². The molecule has 0 amide bonds. The summed E-state index contributed by atoms with van der Waals surface area (Å²) in [7, 11) is 1.70. The maximum absolute atomic E-state index is 14.3. The fourth-order valence-corrected chi connectivity index (χ4v) is 4.70. The van der Waals surface area contributed by atoms with Gasteiger partial charge in [-0.1, -0.05) is 19.9 Å². The van der Waals surface area contributed by atoms with Crippen molar-refractivity contribution in [2.45, 2.75) is 45.3 Å². The molecule has 1 saturated heterocycles. The highest BCUT2D eigenvalue weighted by atomic mass is 19.1. The van der Waals surface area contributed by atoms with Gasteiger partial charge in [0.05, 0.1) is 11.2 Å². The lowest BCUT2D eigenvalue weighted by Crippen LogP contribution is -2.58. The van der Waals surface area contributed by atoms with Crippen LogP contribution in [-0.2, 0) is 13.6 Å². The number of halogens is 2. The van der Waals surface area contributed by atoms with Gasteiger partial charge in [-0.05, 0) is 31.0 Å². The maximum atomic E-state index is 14.3. The second-order valence-electron chi connectivity index (χ2n) is 8.54. The first-order chi connectivity index (χ1) is 15.9. The molecule has 0 aliphatic carbocycles. The lowest BCUT2D eigenvalue weighted by molar-refractivity contribution is 0.135. The van der Waals surface area contributed by atoms with Crippen LogP contribution in [0.25, 0.3) is 11.0 Å². The number of aryl methyl sites for hydroxylation is 1. The number of nitriles is 1. The van der Waals surface area contributed by atoms with Crippen LogP contribution in [0.1, 0.15) is 37.9 Å². The average Bonchev–Trinajstić information content (AvgIpc) is 2.82. The zero-order valence-corrected chi connectivity index (χ0v) is 19.1. The molecule has 8 heteroatoms. The van der Waals surface area contributed by atoms with Crippen LogP contribution < -0.4 is 10.5 Å². The molecule has 1 fully saturated rings. The third kappa shape index (κ3) is 4.33. The van der Waals surface area contributed by atoms with Crippen LogP contribution in [0.4, 0.5) is 14.5 Å². The first-order valence-electron chi connectivity index (χ1n) is 11.2. The first-order valence-corrected chi connectivity index (χ1v) is 11.2. The fraction of sp³-hybridized carbons (Fsp3) is 0.400. The number of pyridine rings is 2. The molecule has 0 N–H and O–H groups in total. The number of benzene rings is 1. The van der Waals surface area contributed by atoms with Gasteiger partial charge in [0.15, 0.2) is 0 Å². The molecule has 0 radical (unpaired) electrons. The molecule has 1 aliphatic heterocycles. The van der Waals surface area contributed by atoms with Crippen LogP contribution in [0.2, 0.25) is 0 Å². The third-order valence-corrected chi connectivity index (χ3v) is 6.63. The molecule has 0 spiro atoms. The Labute approximate surface area is 191 Å². The van der Waals surface area contributed by atoms with E-state index in [0.29, 0.717) is 41.9 Å². The first kappa shape index (κ1) is 22.9. The van der Waals surface area contributed by atoms with Crippen molar-refractivity contribution < 1.29 is 8.78 Å². The summed E-state index contributed by atoms with van der Waals surface area (Å²) >= 11 is 0. The second-order valence-corrected chi connectivity index (χ2v) is 8.54. The van der Waals surface area contributed by atoms with Gasteiger partial charge in [0.1, 0.15) is 28.9 Å². The Morgan fingerprint density at radius 2 is 1.85 bits per heavy atom. The summed E-state index contributed by atoms with van der Waals surface area (Å²) in [5, 5.41) is 9.36. The van der Waals surface area contributed by atoms with Crippen LogP contribution in [0, 0.1) is 23.0 Å². The summed E-state index contributed by atoms with van der Waals surface area (Å²) < 4.78 is 29.2. The lowest BCUT2D eigenvalue weighted by Gasteiger charge is -2.47. The number of hydrogen-bond acceptors (Lipinski definition) is 5. The Kier molecular flexibility index (Phi) is 6.43. The number of aromatic nitrogens is 2. The molecule has 2 atom stereocenters. The molecule has 1 aliphatic rings. The monoisotopic (exact) mass is 451 g/mol. The van der Waals surface area contributed by atoms with E-state index >= 15 is 0 Å². The molecule has 6 nitrogen and oxygen atoms in total. The van der Waals surface area contributed by atoms with Gasteiger partial charge in [-0.3, -0.25) is 9.69 Å². The lowest BCUT2D eigenvalue weighted by atomic mass is 10.00. The summed E-state index contributed by atoms with van der Waals surface area (Å²) in [4.78, 5) is 21.7. The number of piperazine rings is 1. The summed E-state index contributed by atoms with van der Waals surface area (Å²) in [5.41, 5.74) is 2.66. The normalized spacial score (nSPS) is 19.1. The van der Waals surface area contributed by atoms with Crippen LogP contribution in [0.5, 0.6) is 0 Å². The van der Waals surface area contributed by atoms with Crippen molar-refractivity contribution in [1.82, 2.24) is 14.5 Å². The standard InChI is InChI=1S/C25H27F2N5O/c1-4-19-15-32(20(5-2)14-31(19)13-16-6-7-17(26)10-21(16)27)23-11-24(33)30(3)22-9-8-18(12-28)29-25(22)23/h6-11,19-20H,4-5,13-15H2,1-3H3/t19-,20+/m1/s1. The van der Waals surface area contributed by atoms with Gasteiger partial charge in [-0.15, -0.1) is 0 Å². The van der Waals surface area contributed by atoms with Crippen LogP contribution >= 0.6 is 0 Å². The second kappa shape index (κ2) is 9.28. The summed E-state index contributed by atoms with van der Waals surface area (Å²) in [6.45, 7) is 5.86. The van der Waals surface area contributed by atoms with Crippen LogP contribution in [0.15, 0.2) is 41.2 Å². The van der Waals surface area contributed by atoms with E-state index < -0.39 is 11.6 Å². The van der Waals surface area contributed by atoms with Gasteiger partial charge < -0.3 is 9.47 Å². The molecule has 172 valence electrons. The summed E-state index contributed by atoms with van der Waals surface area (Å²) in [6.07, 6.45) is 1.64. The molecule has 3 heterocycles. The smallest absolute Gasteiger partial charge is 0.252 e. The number of rotatable bonds is 5. The number of hydrogen-bond donors (Lipinski definition) is 0. The predicted octanol–water partition coefficient (Wildman–Crippen LogP) is 3.96. The van der Waals surface area contributed by atoms with Gasteiger partial charge in [0.2, 0.25) is 0 Å². The topological polar surface area (TPSA) is 65.2 Å². The minimum atomic E-state index is -0.582. The van der Waals surface area contributed by atoms with Gasteiger partial charge >= 0.3 is 0 Å². The van der Waals surface area contributed by atoms with Gasteiger partial charge in [-0.25, -0.2) is 13.8 Å². The van der Waals surface area contributed by atoms with Crippen LogP contribution in [-0.4, -0.2) is 39.6 Å². The Bertz CT molecular complexity index is 1280. The van der Waals surface area contributed by atoms with E-state index in [4.69, 9.17) is 0 Å². The molecule has 0 bridgehead atoms. The van der Waals surface area contributed by atoms with E-state index in [2.05, 4.69) is 34.7 Å². The van der Waals surface area contributed by atoms with E-state index in [1.165, 1.54) is 12.1 Å². The SMILES string of the molecule is CC[C@@H]1CN(c2cc(=O)n(C)c3ccc(C#N)nc23)[C@@H](CC)CN1Cc1ccc(F)cc1F. The average molecular weight is 452 g/mol. The molecular formula is C25H27F2N5O. The zero-order valence-electron chi connectivity index (χ0n) is 19.1. The minimum Gasteiger partial charge on any atom is -0.364 e. The third-order valence-electron chi connectivity index (χ3n) is 6.63. The number of fused-ring (bicyclic) bond motifs is 1. The molecule has 1 aromatic carbocycles. The number of nitrogens with zero attached hydrogens (tertiary/aromatic N) is 5. The van der Waals surface area contributed by atoms with Crippen molar-refractivity contribution in [3.8, 4) is 6.07 Å². The van der Waals surface area contributed by atoms with E-state index in [1.807, 2.05) is 0 Å². The van der Waals surface area contributed by atoms with E-state index in [0.717, 1.165) is 24.6 Å². The highest BCUT2D eigenvalue weighted by molar-refractivity contribution is 5.89.